The molecule has 1 unspecified atom stereocenters. The van der Waals surface area contributed by atoms with Crippen LogP contribution in [-0.2, 0) is 5.41 Å². The molecule has 0 bridgehead atoms. The quantitative estimate of drug-likeness (QED) is 0.865. The van der Waals surface area contributed by atoms with Crippen molar-refractivity contribution in [2.75, 3.05) is 6.61 Å². The van der Waals surface area contributed by atoms with Gasteiger partial charge in [0.2, 0.25) is 0 Å². The van der Waals surface area contributed by atoms with Crippen LogP contribution in [0.3, 0.4) is 0 Å². The Balaban J connectivity index is 2.67. The van der Waals surface area contributed by atoms with Crippen molar-refractivity contribution in [2.45, 2.75) is 38.7 Å². The predicted octanol–water partition coefficient (Wildman–Crippen LogP) is 3.72. The van der Waals surface area contributed by atoms with E-state index in [0.717, 1.165) is 11.1 Å². The van der Waals surface area contributed by atoms with Gasteiger partial charge in [0, 0.05) is 23.9 Å². The molecule has 1 atom stereocenters. The van der Waals surface area contributed by atoms with E-state index in [4.69, 9.17) is 0 Å². The second-order valence-corrected chi connectivity index (χ2v) is 6.33. The standard InChI is InChI=1S/C19H25O2/c1-4-17(21)15-10-6-7-11-16(15)19(18(2,3)14-20)12-8-5-9-13-19/h5-13,17,20-21H,4,14H2,1-3H3. The van der Waals surface area contributed by atoms with Crippen LogP contribution in [0.4, 0.5) is 0 Å². The number of aliphatic hydroxyl groups excluding tert-OH is 2. The summed E-state index contributed by atoms with van der Waals surface area (Å²) in [6, 6.07) is 8.00. The maximum absolute atomic E-state index is 10.4. The first-order chi connectivity index (χ1) is 9.98. The van der Waals surface area contributed by atoms with Crippen LogP contribution in [0.25, 0.3) is 0 Å². The van der Waals surface area contributed by atoms with Crippen LogP contribution in [-0.4, -0.2) is 16.8 Å². The Morgan fingerprint density at radius 2 is 1.76 bits per heavy atom. The molecule has 0 saturated carbocycles. The molecular formula is C19H25O2. The van der Waals surface area contributed by atoms with E-state index in [1.54, 1.807) is 0 Å². The highest BCUT2D eigenvalue weighted by Gasteiger charge is 2.44. The van der Waals surface area contributed by atoms with Crippen molar-refractivity contribution in [2.24, 2.45) is 5.41 Å². The van der Waals surface area contributed by atoms with Crippen LogP contribution in [0, 0.1) is 11.8 Å². The molecular weight excluding hydrogens is 260 g/mol. The number of rotatable bonds is 5. The van der Waals surface area contributed by atoms with E-state index < -0.39 is 11.5 Å². The molecule has 1 radical (unpaired) electrons. The summed E-state index contributed by atoms with van der Waals surface area (Å²) in [6.07, 6.45) is 10.5. The average Bonchev–Trinajstić information content (AvgIpc) is 2.54. The number of benzene rings is 1. The molecule has 21 heavy (non-hydrogen) atoms. The largest absolute Gasteiger partial charge is 0.396 e. The summed E-state index contributed by atoms with van der Waals surface area (Å²) >= 11 is 0. The average molecular weight is 285 g/mol. The smallest absolute Gasteiger partial charge is 0.0790 e. The van der Waals surface area contributed by atoms with Crippen LogP contribution in [0.2, 0.25) is 0 Å². The summed E-state index contributed by atoms with van der Waals surface area (Å²) in [5.41, 5.74) is 1.23. The summed E-state index contributed by atoms with van der Waals surface area (Å²) in [5.74, 6) is 0. The molecule has 0 saturated heterocycles. The predicted molar refractivity (Wildman–Crippen MR) is 86.8 cm³/mol. The lowest BCUT2D eigenvalue weighted by atomic mass is 9.59. The van der Waals surface area contributed by atoms with E-state index in [1.807, 2.05) is 43.7 Å². The van der Waals surface area contributed by atoms with Crippen molar-refractivity contribution in [3.63, 3.8) is 0 Å². The Bertz CT molecular complexity index is 528. The molecule has 0 aromatic heterocycles. The molecule has 1 aliphatic carbocycles. The van der Waals surface area contributed by atoms with Gasteiger partial charge in [-0.2, -0.15) is 0 Å². The van der Waals surface area contributed by atoms with Crippen molar-refractivity contribution in [3.05, 3.63) is 66.1 Å². The first-order valence-corrected chi connectivity index (χ1v) is 7.57. The summed E-state index contributed by atoms with van der Waals surface area (Å²) in [6.45, 7) is 6.16. The van der Waals surface area contributed by atoms with Crippen molar-refractivity contribution in [1.82, 2.24) is 0 Å². The number of allylic oxidation sites excluding steroid dienone is 4. The third kappa shape index (κ3) is 2.70. The Hall–Kier alpha value is -1.38. The fourth-order valence-corrected chi connectivity index (χ4v) is 3.04. The molecule has 1 aliphatic rings. The lowest BCUT2D eigenvalue weighted by Crippen LogP contribution is -2.43. The minimum absolute atomic E-state index is 0.0677. The number of hydrogen-bond donors (Lipinski definition) is 2. The molecule has 113 valence electrons. The Labute approximate surface area is 127 Å². The first kappa shape index (κ1) is 16.0. The molecule has 0 amide bonds. The molecule has 2 rings (SSSR count). The van der Waals surface area contributed by atoms with Crippen LogP contribution in [0.5, 0.6) is 0 Å². The van der Waals surface area contributed by atoms with Gasteiger partial charge in [-0.3, -0.25) is 0 Å². The third-order valence-electron chi connectivity index (χ3n) is 4.61. The topological polar surface area (TPSA) is 40.5 Å². The van der Waals surface area contributed by atoms with Crippen LogP contribution >= 0.6 is 0 Å². The molecule has 0 fully saturated rings. The lowest BCUT2D eigenvalue weighted by Gasteiger charge is -2.45. The fourth-order valence-electron chi connectivity index (χ4n) is 3.04. The second kappa shape index (κ2) is 6.17. The van der Waals surface area contributed by atoms with Crippen molar-refractivity contribution < 1.29 is 10.2 Å². The van der Waals surface area contributed by atoms with Gasteiger partial charge in [0.25, 0.3) is 0 Å². The van der Waals surface area contributed by atoms with Gasteiger partial charge in [0.15, 0.2) is 0 Å². The maximum atomic E-state index is 10.4. The third-order valence-corrected chi connectivity index (χ3v) is 4.61. The Morgan fingerprint density at radius 3 is 2.33 bits per heavy atom. The van der Waals surface area contributed by atoms with E-state index in [1.165, 1.54) is 0 Å². The van der Waals surface area contributed by atoms with E-state index in [-0.39, 0.29) is 12.0 Å². The Kier molecular flexibility index (Phi) is 4.70. The van der Waals surface area contributed by atoms with Gasteiger partial charge >= 0.3 is 0 Å². The zero-order chi connectivity index (χ0) is 15.5. The van der Waals surface area contributed by atoms with E-state index >= 15 is 0 Å². The minimum atomic E-state index is -0.486. The van der Waals surface area contributed by atoms with Crippen molar-refractivity contribution >= 4 is 0 Å². The SMILES string of the molecule is CCC(O)c1ccccc1C1(C(C)(C)CO)C=C[CH]C=C1. The highest BCUT2D eigenvalue weighted by Crippen LogP contribution is 2.47. The highest BCUT2D eigenvalue weighted by atomic mass is 16.3. The molecule has 0 heterocycles. The molecule has 2 N–H and O–H groups in total. The van der Waals surface area contributed by atoms with Gasteiger partial charge in [-0.15, -0.1) is 0 Å². The molecule has 1 aromatic carbocycles. The first-order valence-electron chi connectivity index (χ1n) is 7.57. The monoisotopic (exact) mass is 285 g/mol. The summed E-state index contributed by atoms with van der Waals surface area (Å²) in [5, 5.41) is 20.3. The summed E-state index contributed by atoms with van der Waals surface area (Å²) < 4.78 is 0. The second-order valence-electron chi connectivity index (χ2n) is 6.33. The molecule has 2 heteroatoms. The normalized spacial score (nSPS) is 18.7. The molecule has 0 spiro atoms. The van der Waals surface area contributed by atoms with Crippen molar-refractivity contribution in [1.29, 1.82) is 0 Å². The van der Waals surface area contributed by atoms with Gasteiger partial charge < -0.3 is 10.2 Å². The number of hydrogen-bond acceptors (Lipinski definition) is 2. The lowest BCUT2D eigenvalue weighted by molar-refractivity contribution is 0.112. The van der Waals surface area contributed by atoms with Crippen molar-refractivity contribution in [3.8, 4) is 0 Å². The van der Waals surface area contributed by atoms with Gasteiger partial charge in [-0.05, 0) is 17.5 Å². The highest BCUT2D eigenvalue weighted by molar-refractivity contribution is 5.48. The zero-order valence-corrected chi connectivity index (χ0v) is 13.1. The van der Waals surface area contributed by atoms with Crippen LogP contribution < -0.4 is 0 Å². The maximum Gasteiger partial charge on any atom is 0.0790 e. The van der Waals surface area contributed by atoms with Gasteiger partial charge in [0.1, 0.15) is 0 Å². The van der Waals surface area contributed by atoms with Gasteiger partial charge in [-0.25, -0.2) is 0 Å². The zero-order valence-electron chi connectivity index (χ0n) is 13.1. The van der Waals surface area contributed by atoms with Crippen LogP contribution in [0.15, 0.2) is 48.6 Å². The molecule has 0 aliphatic heterocycles. The molecule has 1 aromatic rings. The summed E-state index contributed by atoms with van der Waals surface area (Å²) in [7, 11) is 0. The van der Waals surface area contributed by atoms with E-state index in [9.17, 15) is 10.2 Å². The minimum Gasteiger partial charge on any atom is -0.396 e. The van der Waals surface area contributed by atoms with Gasteiger partial charge in [-0.1, -0.05) is 69.3 Å². The Morgan fingerprint density at radius 1 is 1.14 bits per heavy atom. The van der Waals surface area contributed by atoms with E-state index in [0.29, 0.717) is 6.42 Å². The fraction of sp³-hybridized carbons (Fsp3) is 0.421. The van der Waals surface area contributed by atoms with E-state index in [2.05, 4.69) is 32.1 Å². The molecule has 2 nitrogen and oxygen atoms in total. The summed E-state index contributed by atoms with van der Waals surface area (Å²) in [4.78, 5) is 0. The van der Waals surface area contributed by atoms with Gasteiger partial charge in [0.05, 0.1) is 6.10 Å². The number of aliphatic hydroxyl groups is 2. The van der Waals surface area contributed by atoms with Crippen LogP contribution in [0.1, 0.15) is 44.4 Å².